The number of hydrogen-bond donors (Lipinski definition) is 3. The number of halogens is 2. The predicted octanol–water partition coefficient (Wildman–Crippen LogP) is 6.05. The van der Waals surface area contributed by atoms with Crippen molar-refractivity contribution in [3.8, 4) is 17.5 Å². The van der Waals surface area contributed by atoms with Crippen LogP contribution in [-0.4, -0.2) is 38.7 Å². The van der Waals surface area contributed by atoms with Crippen LogP contribution < -0.4 is 10.6 Å². The van der Waals surface area contributed by atoms with Gasteiger partial charge in [0.05, 0.1) is 23.3 Å². The lowest BCUT2D eigenvalue weighted by Crippen LogP contribution is -2.44. The number of carbonyl (C=O) groups is 1. The van der Waals surface area contributed by atoms with Crippen molar-refractivity contribution in [2.45, 2.75) is 78.0 Å². The molecule has 0 spiro atoms. The highest BCUT2D eigenvalue weighted by Crippen LogP contribution is 2.30. The summed E-state index contributed by atoms with van der Waals surface area (Å²) in [7, 11) is 0. The van der Waals surface area contributed by atoms with E-state index in [2.05, 4.69) is 25.6 Å². The third kappa shape index (κ3) is 6.47. The second kappa shape index (κ2) is 11.3. The summed E-state index contributed by atoms with van der Waals surface area (Å²) in [5, 5.41) is 15.6. The lowest BCUT2D eigenvalue weighted by atomic mass is 9.91. The van der Waals surface area contributed by atoms with Crippen molar-refractivity contribution in [1.82, 2.24) is 20.3 Å². The second-order valence-electron chi connectivity index (χ2n) is 9.44. The summed E-state index contributed by atoms with van der Waals surface area (Å²) >= 11 is 0. The zero-order valence-corrected chi connectivity index (χ0v) is 21.2. The molecule has 2 aromatic heterocycles. The smallest absolute Gasteiger partial charge is 0.407 e. The van der Waals surface area contributed by atoms with Gasteiger partial charge in [0.15, 0.2) is 17.5 Å². The number of anilines is 1. The van der Waals surface area contributed by atoms with E-state index in [4.69, 9.17) is 10.00 Å². The van der Waals surface area contributed by atoms with Crippen molar-refractivity contribution in [1.29, 1.82) is 5.26 Å². The fourth-order valence-electron chi connectivity index (χ4n) is 4.16. The van der Waals surface area contributed by atoms with Crippen LogP contribution in [0.15, 0.2) is 24.5 Å². The fourth-order valence-corrected chi connectivity index (χ4v) is 4.16. The van der Waals surface area contributed by atoms with Gasteiger partial charge in [0.1, 0.15) is 11.4 Å². The van der Waals surface area contributed by atoms with E-state index in [9.17, 15) is 13.6 Å². The van der Waals surface area contributed by atoms with Crippen LogP contribution in [-0.2, 0) is 4.74 Å². The first kappa shape index (κ1) is 26.9. The van der Waals surface area contributed by atoms with Gasteiger partial charge in [-0.2, -0.15) is 5.26 Å². The molecule has 1 fully saturated rings. The van der Waals surface area contributed by atoms with Crippen molar-refractivity contribution in [2.75, 3.05) is 5.32 Å². The van der Waals surface area contributed by atoms with Crippen LogP contribution in [0.1, 0.15) is 65.9 Å². The van der Waals surface area contributed by atoms with E-state index in [-0.39, 0.29) is 34.8 Å². The molecule has 1 aromatic carbocycles. The van der Waals surface area contributed by atoms with Crippen molar-refractivity contribution >= 4 is 22.8 Å². The number of fused-ring (bicyclic) bond motifs is 1. The maximum Gasteiger partial charge on any atom is 0.407 e. The van der Waals surface area contributed by atoms with E-state index in [0.717, 1.165) is 31.5 Å². The molecule has 4 rings (SSSR count). The Bertz CT molecular complexity index is 1260. The van der Waals surface area contributed by atoms with Crippen LogP contribution in [0.5, 0.6) is 0 Å². The average Bonchev–Trinajstić information content (AvgIpc) is 3.25. The van der Waals surface area contributed by atoms with E-state index in [1.54, 1.807) is 20.8 Å². The van der Waals surface area contributed by atoms with E-state index < -0.39 is 23.3 Å². The number of H-pyrrole nitrogens is 1. The summed E-state index contributed by atoms with van der Waals surface area (Å²) in [5.41, 5.74) is 0.259. The maximum absolute atomic E-state index is 14.6. The van der Waals surface area contributed by atoms with E-state index in [0.29, 0.717) is 17.4 Å². The van der Waals surface area contributed by atoms with Gasteiger partial charge in [-0.15, -0.1) is 0 Å². The second-order valence-corrected chi connectivity index (χ2v) is 9.44. The highest BCUT2D eigenvalue weighted by Gasteiger charge is 2.26. The average molecular weight is 499 g/mol. The molecule has 10 heteroatoms. The summed E-state index contributed by atoms with van der Waals surface area (Å²) in [6.07, 6.45) is 5.14. The van der Waals surface area contributed by atoms with Crippen LogP contribution in [0.25, 0.3) is 22.3 Å². The number of ether oxygens (including phenoxy) is 1. The SMILES string of the molecule is CC.CC(C)(C)OC(=O)NC1CCCC(Nc2nc(-c3c[nH]c4c(F)cc(C#N)cc34)ncc2F)C1. The van der Waals surface area contributed by atoms with E-state index >= 15 is 0 Å². The Morgan fingerprint density at radius 3 is 2.61 bits per heavy atom. The number of hydrogen-bond acceptors (Lipinski definition) is 6. The van der Waals surface area contributed by atoms with Gasteiger partial charge in [-0.05, 0) is 58.6 Å². The number of benzene rings is 1. The molecule has 1 saturated carbocycles. The number of carbonyl (C=O) groups excluding carboxylic acids is 1. The molecule has 1 amide bonds. The molecule has 3 N–H and O–H groups in total. The Morgan fingerprint density at radius 1 is 1.19 bits per heavy atom. The first-order valence-corrected chi connectivity index (χ1v) is 12.1. The van der Waals surface area contributed by atoms with Crippen LogP contribution in [0.3, 0.4) is 0 Å². The van der Waals surface area contributed by atoms with Gasteiger partial charge in [0.2, 0.25) is 0 Å². The highest BCUT2D eigenvalue weighted by molar-refractivity contribution is 5.95. The van der Waals surface area contributed by atoms with Gasteiger partial charge in [-0.1, -0.05) is 13.8 Å². The Morgan fingerprint density at radius 2 is 1.92 bits per heavy atom. The molecular weight excluding hydrogens is 466 g/mol. The normalized spacial score (nSPS) is 17.5. The van der Waals surface area contributed by atoms with Gasteiger partial charge in [0.25, 0.3) is 0 Å². The van der Waals surface area contributed by atoms with Gasteiger partial charge in [-0.3, -0.25) is 0 Å². The molecule has 1 aliphatic rings. The molecule has 2 atom stereocenters. The van der Waals surface area contributed by atoms with Crippen molar-refractivity contribution in [2.24, 2.45) is 0 Å². The number of rotatable bonds is 4. The lowest BCUT2D eigenvalue weighted by molar-refractivity contribution is 0.0492. The number of aromatic amines is 1. The molecule has 192 valence electrons. The Hall–Kier alpha value is -3.74. The Labute approximate surface area is 209 Å². The first-order chi connectivity index (χ1) is 17.1. The van der Waals surface area contributed by atoms with Crippen molar-refractivity contribution < 1.29 is 18.3 Å². The first-order valence-electron chi connectivity index (χ1n) is 12.1. The summed E-state index contributed by atoms with van der Waals surface area (Å²) in [5.74, 6) is -0.954. The van der Waals surface area contributed by atoms with Gasteiger partial charge < -0.3 is 20.4 Å². The molecule has 1 aliphatic carbocycles. The zero-order valence-electron chi connectivity index (χ0n) is 21.2. The standard InChI is InChI=1S/C24H26F2N6O2.C2H6/c1-24(2,3)34-23(33)31-15-6-4-5-14(9-15)30-22-19(26)12-29-21(32-22)17-11-28-20-16(17)7-13(10-27)8-18(20)25;1-2/h7-8,11-12,14-15,28H,4-6,9H2,1-3H3,(H,31,33)(H,29,30,32);1-2H3. The van der Waals surface area contributed by atoms with Crippen LogP contribution in [0, 0.1) is 23.0 Å². The predicted molar refractivity (Wildman–Crippen MR) is 134 cm³/mol. The number of aromatic nitrogens is 3. The number of nitriles is 1. The molecule has 0 saturated heterocycles. The molecule has 2 unspecified atom stereocenters. The number of nitrogens with one attached hydrogen (secondary N) is 3. The molecule has 0 bridgehead atoms. The number of nitrogens with zero attached hydrogens (tertiary/aromatic N) is 3. The van der Waals surface area contributed by atoms with Crippen molar-refractivity contribution in [3.05, 3.63) is 41.7 Å². The van der Waals surface area contributed by atoms with Crippen LogP contribution in [0.4, 0.5) is 19.4 Å². The lowest BCUT2D eigenvalue weighted by Gasteiger charge is -2.31. The number of amides is 1. The van der Waals surface area contributed by atoms with E-state index in [1.165, 1.54) is 12.3 Å². The third-order valence-corrected chi connectivity index (χ3v) is 5.59. The third-order valence-electron chi connectivity index (χ3n) is 5.59. The van der Waals surface area contributed by atoms with Gasteiger partial charge in [-0.25, -0.2) is 23.5 Å². The molecule has 2 heterocycles. The van der Waals surface area contributed by atoms with Gasteiger partial charge in [0, 0.05) is 29.2 Å². The summed E-state index contributed by atoms with van der Waals surface area (Å²) < 4.78 is 34.2. The van der Waals surface area contributed by atoms with Gasteiger partial charge >= 0.3 is 6.09 Å². The minimum Gasteiger partial charge on any atom is -0.444 e. The topological polar surface area (TPSA) is 116 Å². The molecule has 36 heavy (non-hydrogen) atoms. The minimum absolute atomic E-state index is 0.0270. The minimum atomic E-state index is -0.616. The molecular formula is C26H32F2N6O2. The quantitative estimate of drug-likeness (QED) is 0.403. The summed E-state index contributed by atoms with van der Waals surface area (Å²) in [4.78, 5) is 23.4. The molecule has 8 nitrogen and oxygen atoms in total. The maximum atomic E-state index is 14.6. The molecule has 0 aliphatic heterocycles. The highest BCUT2D eigenvalue weighted by atomic mass is 19.1. The molecule has 3 aromatic rings. The fraction of sp³-hybridized carbons (Fsp3) is 0.462. The van der Waals surface area contributed by atoms with E-state index in [1.807, 2.05) is 19.9 Å². The Kier molecular flexibility index (Phi) is 8.45. The largest absolute Gasteiger partial charge is 0.444 e. The van der Waals surface area contributed by atoms with Crippen LogP contribution in [0.2, 0.25) is 0 Å². The Balaban J connectivity index is 0.00000176. The monoisotopic (exact) mass is 498 g/mol. The molecule has 0 radical (unpaired) electrons. The van der Waals surface area contributed by atoms with Crippen molar-refractivity contribution in [3.63, 3.8) is 0 Å². The number of alkyl carbamates (subject to hydrolysis) is 1. The summed E-state index contributed by atoms with van der Waals surface area (Å²) in [6.45, 7) is 9.41. The summed E-state index contributed by atoms with van der Waals surface area (Å²) in [6, 6.07) is 4.39. The van der Waals surface area contributed by atoms with Crippen LogP contribution >= 0.6 is 0 Å². The zero-order chi connectivity index (χ0) is 26.5.